The lowest BCUT2D eigenvalue weighted by molar-refractivity contribution is -0.139. The van der Waals surface area contributed by atoms with Crippen LogP contribution in [0, 0.1) is 0 Å². The summed E-state index contributed by atoms with van der Waals surface area (Å²) in [5.41, 5.74) is 0.230. The fraction of sp³-hybridized carbons (Fsp3) is 0.500. The first-order valence-corrected chi connectivity index (χ1v) is 5.88. The first-order chi connectivity index (χ1) is 8.99. The number of ether oxygens (including phenoxy) is 1. The van der Waals surface area contributed by atoms with Crippen molar-refractivity contribution in [3.8, 4) is 0 Å². The van der Waals surface area contributed by atoms with E-state index >= 15 is 0 Å². The molecule has 0 unspecified atom stereocenters. The molecule has 0 saturated carbocycles. The second-order valence-corrected chi connectivity index (χ2v) is 4.15. The van der Waals surface area contributed by atoms with Crippen molar-refractivity contribution in [3.63, 3.8) is 0 Å². The van der Waals surface area contributed by atoms with Gasteiger partial charge in [0, 0.05) is 13.1 Å². The van der Waals surface area contributed by atoms with E-state index in [1.54, 1.807) is 17.0 Å². The number of carbonyl (C=O) groups is 2. The van der Waals surface area contributed by atoms with Crippen molar-refractivity contribution in [1.82, 2.24) is 15.5 Å². The molecule has 19 heavy (non-hydrogen) atoms. The minimum atomic E-state index is -0.356. The van der Waals surface area contributed by atoms with E-state index in [1.807, 2.05) is 13.8 Å². The van der Waals surface area contributed by atoms with E-state index in [2.05, 4.69) is 20.3 Å². The van der Waals surface area contributed by atoms with Crippen LogP contribution in [0.2, 0.25) is 0 Å². The summed E-state index contributed by atoms with van der Waals surface area (Å²) in [7, 11) is 2.86. The van der Waals surface area contributed by atoms with Crippen molar-refractivity contribution in [1.29, 1.82) is 0 Å². The Morgan fingerprint density at radius 2 is 2.05 bits per heavy atom. The molecule has 0 aliphatic carbocycles. The van der Waals surface area contributed by atoms with Gasteiger partial charge in [-0.2, -0.15) is 0 Å². The summed E-state index contributed by atoms with van der Waals surface area (Å²) in [5, 5.41) is 10.3. The average Bonchev–Trinajstić information content (AvgIpc) is 2.43. The minimum Gasteiger partial charge on any atom is -0.468 e. The maximum absolute atomic E-state index is 11.4. The number of nitrogens with one attached hydrogen (secondary N) is 1. The van der Waals surface area contributed by atoms with Crippen molar-refractivity contribution in [3.05, 3.63) is 17.8 Å². The van der Waals surface area contributed by atoms with Crippen LogP contribution < -0.4 is 10.2 Å². The number of hydrogen-bond donors (Lipinski definition) is 1. The van der Waals surface area contributed by atoms with Gasteiger partial charge in [-0.05, 0) is 26.0 Å². The molecule has 0 atom stereocenters. The third kappa shape index (κ3) is 3.90. The van der Waals surface area contributed by atoms with Crippen molar-refractivity contribution in [2.24, 2.45) is 0 Å². The lowest BCUT2D eigenvalue weighted by Crippen LogP contribution is -2.37. The molecule has 0 fully saturated rings. The summed E-state index contributed by atoms with van der Waals surface area (Å²) in [6, 6.07) is 3.27. The van der Waals surface area contributed by atoms with Crippen LogP contribution in [0.1, 0.15) is 24.3 Å². The summed E-state index contributed by atoms with van der Waals surface area (Å²) in [6.45, 7) is 3.94. The first kappa shape index (κ1) is 14.9. The number of hydrogen-bond acceptors (Lipinski definition) is 6. The molecule has 104 valence electrons. The predicted molar refractivity (Wildman–Crippen MR) is 69.9 cm³/mol. The van der Waals surface area contributed by atoms with Gasteiger partial charge >= 0.3 is 5.97 Å². The lowest BCUT2D eigenvalue weighted by Gasteiger charge is -2.25. The Morgan fingerprint density at radius 1 is 1.37 bits per heavy atom. The fourth-order valence-electron chi connectivity index (χ4n) is 1.46. The Hall–Kier alpha value is -2.18. The summed E-state index contributed by atoms with van der Waals surface area (Å²) < 4.78 is 4.64. The van der Waals surface area contributed by atoms with E-state index in [0.717, 1.165) is 0 Å². The fourth-order valence-corrected chi connectivity index (χ4v) is 1.46. The number of nitrogens with zero attached hydrogens (tertiary/aromatic N) is 3. The summed E-state index contributed by atoms with van der Waals surface area (Å²) in [6.07, 6.45) is 0. The van der Waals surface area contributed by atoms with Crippen molar-refractivity contribution in [2.45, 2.75) is 19.9 Å². The zero-order valence-electron chi connectivity index (χ0n) is 11.5. The first-order valence-electron chi connectivity index (χ1n) is 5.88. The third-order valence-electron chi connectivity index (χ3n) is 2.55. The Labute approximate surface area is 112 Å². The van der Waals surface area contributed by atoms with Gasteiger partial charge < -0.3 is 15.0 Å². The number of aromatic nitrogens is 2. The number of anilines is 1. The Kier molecular flexibility index (Phi) is 5.23. The number of esters is 1. The van der Waals surface area contributed by atoms with Crippen LogP contribution >= 0.6 is 0 Å². The molecule has 0 radical (unpaired) electrons. The molecular weight excluding hydrogens is 248 g/mol. The number of carbonyl (C=O) groups excluding carboxylic acids is 2. The molecule has 0 bridgehead atoms. The zero-order valence-corrected chi connectivity index (χ0v) is 11.5. The Balaban J connectivity index is 2.91. The number of amides is 1. The van der Waals surface area contributed by atoms with Gasteiger partial charge in [-0.15, -0.1) is 10.2 Å². The molecule has 0 aliphatic heterocycles. The van der Waals surface area contributed by atoms with Gasteiger partial charge in [0.1, 0.15) is 6.54 Å². The summed E-state index contributed by atoms with van der Waals surface area (Å²) in [4.78, 5) is 24.4. The van der Waals surface area contributed by atoms with E-state index in [0.29, 0.717) is 5.82 Å². The molecule has 0 spiro atoms. The zero-order chi connectivity index (χ0) is 14.4. The number of rotatable bonds is 5. The minimum absolute atomic E-state index is 0.0549. The van der Waals surface area contributed by atoms with E-state index in [4.69, 9.17) is 0 Å². The van der Waals surface area contributed by atoms with Crippen LogP contribution in [0.25, 0.3) is 0 Å². The smallest absolute Gasteiger partial charge is 0.325 e. The van der Waals surface area contributed by atoms with Crippen molar-refractivity contribution < 1.29 is 14.3 Å². The highest BCUT2D eigenvalue weighted by molar-refractivity contribution is 5.91. The monoisotopic (exact) mass is 266 g/mol. The van der Waals surface area contributed by atoms with Crippen LogP contribution in [0.5, 0.6) is 0 Å². The third-order valence-corrected chi connectivity index (χ3v) is 2.55. The molecule has 7 nitrogen and oxygen atoms in total. The second-order valence-electron chi connectivity index (χ2n) is 4.15. The molecule has 7 heteroatoms. The molecular formula is C12H18N4O3. The quantitative estimate of drug-likeness (QED) is 0.768. The normalized spacial score (nSPS) is 10.2. The van der Waals surface area contributed by atoms with Crippen LogP contribution in [0.15, 0.2) is 12.1 Å². The topological polar surface area (TPSA) is 84.4 Å². The van der Waals surface area contributed by atoms with Gasteiger partial charge in [-0.25, -0.2) is 0 Å². The van der Waals surface area contributed by atoms with E-state index in [9.17, 15) is 9.59 Å². The van der Waals surface area contributed by atoms with Crippen molar-refractivity contribution in [2.75, 3.05) is 25.6 Å². The van der Waals surface area contributed by atoms with Crippen LogP contribution in [-0.2, 0) is 9.53 Å². The molecule has 1 heterocycles. The van der Waals surface area contributed by atoms with E-state index in [1.165, 1.54) is 14.2 Å². The molecule has 1 N–H and O–H groups in total. The maximum Gasteiger partial charge on any atom is 0.325 e. The maximum atomic E-state index is 11.4. The highest BCUT2D eigenvalue weighted by Gasteiger charge is 2.17. The SMILES string of the molecule is CNC(=O)c1ccc(N(CC(=O)OC)C(C)C)nn1. The predicted octanol–water partition coefficient (Wildman–Crippen LogP) is 0.224. The van der Waals surface area contributed by atoms with Crippen molar-refractivity contribution >= 4 is 17.7 Å². The van der Waals surface area contributed by atoms with Crippen LogP contribution in [0.4, 0.5) is 5.82 Å². The molecule has 1 amide bonds. The largest absolute Gasteiger partial charge is 0.468 e. The lowest BCUT2D eigenvalue weighted by atomic mass is 10.3. The van der Waals surface area contributed by atoms with E-state index in [-0.39, 0.29) is 30.2 Å². The number of methoxy groups -OCH3 is 1. The molecule has 0 saturated heterocycles. The Morgan fingerprint density at radius 3 is 2.47 bits per heavy atom. The molecule has 0 aliphatic rings. The highest BCUT2D eigenvalue weighted by Crippen LogP contribution is 2.13. The molecule has 1 aromatic heterocycles. The summed E-state index contributed by atoms with van der Waals surface area (Å²) in [5.74, 6) is -0.137. The van der Waals surface area contributed by atoms with Gasteiger partial charge in [0.25, 0.3) is 5.91 Å². The molecule has 1 aromatic rings. The van der Waals surface area contributed by atoms with Crippen LogP contribution in [0.3, 0.4) is 0 Å². The standard InChI is InChI=1S/C12H18N4O3/c1-8(2)16(7-11(17)19-4)10-6-5-9(14-15-10)12(18)13-3/h5-6,8H,7H2,1-4H3,(H,13,18). The molecule has 1 rings (SSSR count). The van der Waals surface area contributed by atoms with E-state index < -0.39 is 0 Å². The highest BCUT2D eigenvalue weighted by atomic mass is 16.5. The molecule has 0 aromatic carbocycles. The average molecular weight is 266 g/mol. The van der Waals surface area contributed by atoms with Gasteiger partial charge in [0.15, 0.2) is 11.5 Å². The summed E-state index contributed by atoms with van der Waals surface area (Å²) >= 11 is 0. The van der Waals surface area contributed by atoms with Gasteiger partial charge in [-0.3, -0.25) is 9.59 Å². The van der Waals surface area contributed by atoms with Gasteiger partial charge in [-0.1, -0.05) is 0 Å². The van der Waals surface area contributed by atoms with Gasteiger partial charge in [0.2, 0.25) is 0 Å². The van der Waals surface area contributed by atoms with Gasteiger partial charge in [0.05, 0.1) is 7.11 Å². The van der Waals surface area contributed by atoms with Crippen LogP contribution in [-0.4, -0.2) is 48.8 Å². The Bertz CT molecular complexity index is 445. The second kappa shape index (κ2) is 6.67.